The predicted octanol–water partition coefficient (Wildman–Crippen LogP) is 4.84. The number of ether oxygens (including phenoxy) is 1. The Hall–Kier alpha value is -1.83. The van der Waals surface area contributed by atoms with Gasteiger partial charge < -0.3 is 4.74 Å². The van der Waals surface area contributed by atoms with E-state index in [2.05, 4.69) is 38.1 Å². The van der Waals surface area contributed by atoms with Crippen LogP contribution < -0.4 is 4.74 Å². The van der Waals surface area contributed by atoms with Crippen molar-refractivity contribution in [2.45, 2.75) is 33.3 Å². The molecular weight excluding hydrogens is 239 g/mol. The van der Waals surface area contributed by atoms with Gasteiger partial charge in [0.05, 0.1) is 0 Å². The predicted molar refractivity (Wildman–Crippen MR) is 76.0 cm³/mol. The summed E-state index contributed by atoms with van der Waals surface area (Å²) in [6.45, 7) is 6.59. The molecule has 0 atom stereocenters. The Kier molecular flexibility index (Phi) is 4.20. The molecule has 0 saturated heterocycles. The molecule has 0 bridgehead atoms. The van der Waals surface area contributed by atoms with E-state index in [0.29, 0.717) is 23.8 Å². The summed E-state index contributed by atoms with van der Waals surface area (Å²) in [7, 11) is 0. The van der Waals surface area contributed by atoms with Crippen molar-refractivity contribution < 1.29 is 9.13 Å². The molecule has 0 radical (unpaired) electrons. The SMILES string of the molecule is Cc1cc(OCc2ccc(C(C)C)cc2)ccc1F. The Balaban J connectivity index is 2.00. The van der Waals surface area contributed by atoms with Gasteiger partial charge >= 0.3 is 0 Å². The first kappa shape index (κ1) is 13.6. The third kappa shape index (κ3) is 3.57. The van der Waals surface area contributed by atoms with E-state index >= 15 is 0 Å². The molecule has 0 spiro atoms. The second kappa shape index (κ2) is 5.87. The summed E-state index contributed by atoms with van der Waals surface area (Å²) in [5.74, 6) is 1.04. The van der Waals surface area contributed by atoms with Gasteiger partial charge in [0.2, 0.25) is 0 Å². The zero-order valence-corrected chi connectivity index (χ0v) is 11.6. The van der Waals surface area contributed by atoms with Gasteiger partial charge in [-0.2, -0.15) is 0 Å². The highest BCUT2D eigenvalue weighted by Gasteiger charge is 2.02. The third-order valence-corrected chi connectivity index (χ3v) is 3.18. The lowest BCUT2D eigenvalue weighted by atomic mass is 10.0. The Labute approximate surface area is 114 Å². The van der Waals surface area contributed by atoms with Crippen LogP contribution in [-0.4, -0.2) is 0 Å². The van der Waals surface area contributed by atoms with Crippen molar-refractivity contribution in [3.8, 4) is 5.75 Å². The van der Waals surface area contributed by atoms with E-state index in [1.165, 1.54) is 11.6 Å². The molecule has 2 heteroatoms. The van der Waals surface area contributed by atoms with Crippen LogP contribution in [0.1, 0.15) is 36.5 Å². The van der Waals surface area contributed by atoms with Gasteiger partial charge in [0.1, 0.15) is 18.2 Å². The number of aryl methyl sites for hydroxylation is 1. The molecule has 0 aliphatic heterocycles. The fourth-order valence-electron chi connectivity index (χ4n) is 1.87. The monoisotopic (exact) mass is 258 g/mol. The summed E-state index contributed by atoms with van der Waals surface area (Å²) < 4.78 is 18.8. The second-order valence-corrected chi connectivity index (χ2v) is 5.10. The van der Waals surface area contributed by atoms with Gasteiger partial charge in [-0.15, -0.1) is 0 Å². The molecule has 0 fully saturated rings. The van der Waals surface area contributed by atoms with Crippen LogP contribution in [0.15, 0.2) is 42.5 Å². The average Bonchev–Trinajstić information content (AvgIpc) is 2.40. The lowest BCUT2D eigenvalue weighted by molar-refractivity contribution is 0.305. The van der Waals surface area contributed by atoms with E-state index in [-0.39, 0.29) is 5.82 Å². The highest BCUT2D eigenvalue weighted by molar-refractivity contribution is 5.30. The standard InChI is InChI=1S/C17H19FO/c1-12(2)15-6-4-14(5-7-15)11-19-16-8-9-17(18)13(3)10-16/h4-10,12H,11H2,1-3H3. The maximum Gasteiger partial charge on any atom is 0.126 e. The fraction of sp³-hybridized carbons (Fsp3) is 0.294. The second-order valence-electron chi connectivity index (χ2n) is 5.10. The average molecular weight is 258 g/mol. The highest BCUT2D eigenvalue weighted by atomic mass is 19.1. The number of hydrogen-bond donors (Lipinski definition) is 0. The number of rotatable bonds is 4. The zero-order valence-electron chi connectivity index (χ0n) is 11.6. The van der Waals surface area contributed by atoms with Crippen molar-refractivity contribution in [1.29, 1.82) is 0 Å². The summed E-state index contributed by atoms with van der Waals surface area (Å²) in [4.78, 5) is 0. The Morgan fingerprint density at radius 3 is 2.32 bits per heavy atom. The summed E-state index contributed by atoms with van der Waals surface area (Å²) in [6.07, 6.45) is 0. The summed E-state index contributed by atoms with van der Waals surface area (Å²) in [5.41, 5.74) is 3.04. The van der Waals surface area contributed by atoms with Crippen LogP contribution in [0.2, 0.25) is 0 Å². The first-order valence-corrected chi connectivity index (χ1v) is 6.54. The molecule has 1 nitrogen and oxygen atoms in total. The molecule has 0 aromatic heterocycles. The van der Waals surface area contributed by atoms with Gasteiger partial charge in [-0.1, -0.05) is 38.1 Å². The number of hydrogen-bond acceptors (Lipinski definition) is 1. The summed E-state index contributed by atoms with van der Waals surface area (Å²) >= 11 is 0. The normalized spacial score (nSPS) is 10.8. The van der Waals surface area contributed by atoms with Crippen molar-refractivity contribution in [2.75, 3.05) is 0 Å². The first-order valence-electron chi connectivity index (χ1n) is 6.54. The van der Waals surface area contributed by atoms with Gasteiger partial charge in [0.15, 0.2) is 0 Å². The van der Waals surface area contributed by atoms with Crippen LogP contribution in [0.25, 0.3) is 0 Å². The molecule has 0 amide bonds. The minimum Gasteiger partial charge on any atom is -0.489 e. The van der Waals surface area contributed by atoms with Crippen molar-refractivity contribution in [3.63, 3.8) is 0 Å². The number of benzene rings is 2. The first-order chi connectivity index (χ1) is 9.06. The quantitative estimate of drug-likeness (QED) is 0.762. The van der Waals surface area contributed by atoms with Crippen molar-refractivity contribution >= 4 is 0 Å². The highest BCUT2D eigenvalue weighted by Crippen LogP contribution is 2.19. The van der Waals surface area contributed by atoms with E-state index in [0.717, 1.165) is 5.56 Å². The molecule has 0 saturated carbocycles. The van der Waals surface area contributed by atoms with E-state index in [1.54, 1.807) is 19.1 Å². The summed E-state index contributed by atoms with van der Waals surface area (Å²) in [6, 6.07) is 13.2. The van der Waals surface area contributed by atoms with Crippen molar-refractivity contribution in [1.82, 2.24) is 0 Å². The maximum atomic E-state index is 13.1. The van der Waals surface area contributed by atoms with E-state index < -0.39 is 0 Å². The fourth-order valence-corrected chi connectivity index (χ4v) is 1.87. The molecule has 0 aliphatic carbocycles. The van der Waals surface area contributed by atoms with Gasteiger partial charge in [-0.25, -0.2) is 4.39 Å². The largest absolute Gasteiger partial charge is 0.489 e. The van der Waals surface area contributed by atoms with E-state index in [9.17, 15) is 4.39 Å². The van der Waals surface area contributed by atoms with Crippen LogP contribution in [0.4, 0.5) is 4.39 Å². The third-order valence-electron chi connectivity index (χ3n) is 3.18. The Bertz CT molecular complexity index is 544. The smallest absolute Gasteiger partial charge is 0.126 e. The van der Waals surface area contributed by atoms with E-state index in [4.69, 9.17) is 4.74 Å². The van der Waals surface area contributed by atoms with Crippen LogP contribution in [0.3, 0.4) is 0 Å². The molecule has 0 N–H and O–H groups in total. The van der Waals surface area contributed by atoms with E-state index in [1.807, 2.05) is 0 Å². The van der Waals surface area contributed by atoms with Gasteiger partial charge in [-0.3, -0.25) is 0 Å². The van der Waals surface area contributed by atoms with Gasteiger partial charge in [0, 0.05) is 0 Å². The van der Waals surface area contributed by atoms with Gasteiger partial charge in [0.25, 0.3) is 0 Å². The molecular formula is C17H19FO. The van der Waals surface area contributed by atoms with Gasteiger partial charge in [-0.05, 0) is 47.7 Å². The Morgan fingerprint density at radius 2 is 1.74 bits per heavy atom. The molecule has 2 aromatic carbocycles. The minimum atomic E-state index is -0.200. The molecule has 0 aliphatic rings. The Morgan fingerprint density at radius 1 is 1.05 bits per heavy atom. The topological polar surface area (TPSA) is 9.23 Å². The lowest BCUT2D eigenvalue weighted by Gasteiger charge is -2.09. The molecule has 0 heterocycles. The van der Waals surface area contributed by atoms with Crippen molar-refractivity contribution in [2.24, 2.45) is 0 Å². The van der Waals surface area contributed by atoms with Crippen LogP contribution in [0, 0.1) is 12.7 Å². The van der Waals surface area contributed by atoms with Crippen LogP contribution >= 0.6 is 0 Å². The van der Waals surface area contributed by atoms with Crippen LogP contribution in [0.5, 0.6) is 5.75 Å². The summed E-state index contributed by atoms with van der Waals surface area (Å²) in [5, 5.41) is 0. The number of halogens is 1. The zero-order chi connectivity index (χ0) is 13.8. The molecule has 0 unspecified atom stereocenters. The lowest BCUT2D eigenvalue weighted by Crippen LogP contribution is -1.97. The van der Waals surface area contributed by atoms with Crippen LogP contribution in [-0.2, 0) is 6.61 Å². The molecule has 2 aromatic rings. The molecule has 100 valence electrons. The minimum absolute atomic E-state index is 0.200. The molecule has 2 rings (SSSR count). The van der Waals surface area contributed by atoms with Crippen molar-refractivity contribution in [3.05, 3.63) is 65.0 Å². The molecule has 19 heavy (non-hydrogen) atoms. The maximum absolute atomic E-state index is 13.1.